The summed E-state index contributed by atoms with van der Waals surface area (Å²) in [4.78, 5) is 24.6. The van der Waals surface area contributed by atoms with E-state index >= 15 is 0 Å². The third-order valence-electron chi connectivity index (χ3n) is 3.77. The van der Waals surface area contributed by atoms with E-state index in [-0.39, 0.29) is 25.0 Å². The lowest BCUT2D eigenvalue weighted by molar-refractivity contribution is -0.140. The highest BCUT2D eigenvalue weighted by Gasteiger charge is 2.30. The van der Waals surface area contributed by atoms with Crippen LogP contribution in [0.5, 0.6) is 11.5 Å². The van der Waals surface area contributed by atoms with E-state index < -0.39 is 5.97 Å². The summed E-state index contributed by atoms with van der Waals surface area (Å²) < 4.78 is 11.0. The maximum Gasteiger partial charge on any atom is 0.305 e. The first-order valence-electron chi connectivity index (χ1n) is 7.97. The molecule has 1 fully saturated rings. The molecule has 0 spiro atoms. The summed E-state index contributed by atoms with van der Waals surface area (Å²) in [6.07, 6.45) is 2.52. The van der Waals surface area contributed by atoms with Crippen molar-refractivity contribution >= 4 is 11.9 Å². The number of carboxylic acids is 1. The van der Waals surface area contributed by atoms with Crippen molar-refractivity contribution in [3.05, 3.63) is 24.3 Å². The Bertz CT molecular complexity index is 528. The Morgan fingerprint density at radius 3 is 2.48 bits per heavy atom. The van der Waals surface area contributed by atoms with Gasteiger partial charge in [0.1, 0.15) is 11.5 Å². The molecule has 1 saturated heterocycles. The molecule has 0 bridgehead atoms. The number of likely N-dealkylation sites (tertiary alicyclic amines) is 1. The quantitative estimate of drug-likeness (QED) is 0.795. The molecule has 6 nitrogen and oxygen atoms in total. The fourth-order valence-electron chi connectivity index (χ4n) is 2.66. The van der Waals surface area contributed by atoms with Crippen molar-refractivity contribution in [2.45, 2.75) is 38.6 Å². The van der Waals surface area contributed by atoms with Crippen LogP contribution in [0.4, 0.5) is 0 Å². The lowest BCUT2D eigenvalue weighted by Crippen LogP contribution is -2.39. The van der Waals surface area contributed by atoms with Gasteiger partial charge in [-0.25, -0.2) is 0 Å². The predicted octanol–water partition coefficient (Wildman–Crippen LogP) is 2.32. The summed E-state index contributed by atoms with van der Waals surface area (Å²) in [6, 6.07) is 6.92. The van der Waals surface area contributed by atoms with Crippen LogP contribution in [0.1, 0.15) is 32.6 Å². The zero-order valence-electron chi connectivity index (χ0n) is 13.4. The molecule has 1 unspecified atom stereocenters. The van der Waals surface area contributed by atoms with Gasteiger partial charge >= 0.3 is 5.97 Å². The van der Waals surface area contributed by atoms with Crippen LogP contribution >= 0.6 is 0 Å². The van der Waals surface area contributed by atoms with Crippen LogP contribution in [0.2, 0.25) is 0 Å². The first kappa shape index (κ1) is 17.1. The highest BCUT2D eigenvalue weighted by atomic mass is 16.5. The second-order valence-electron chi connectivity index (χ2n) is 5.59. The molecule has 0 saturated carbocycles. The Labute approximate surface area is 136 Å². The lowest BCUT2D eigenvalue weighted by atomic mass is 10.1. The van der Waals surface area contributed by atoms with Crippen LogP contribution in [0, 0.1) is 0 Å². The SMILES string of the molecule is CCCOc1ccc(OCC(=O)N2CCCC2CC(=O)O)cc1. The number of hydrogen-bond donors (Lipinski definition) is 1. The molecule has 1 aliphatic heterocycles. The van der Waals surface area contributed by atoms with Crippen LogP contribution in [0.15, 0.2) is 24.3 Å². The monoisotopic (exact) mass is 321 g/mol. The van der Waals surface area contributed by atoms with E-state index in [0.717, 1.165) is 25.0 Å². The number of carbonyl (C=O) groups excluding carboxylic acids is 1. The average Bonchev–Trinajstić information content (AvgIpc) is 2.99. The number of amides is 1. The number of hydrogen-bond acceptors (Lipinski definition) is 4. The third-order valence-corrected chi connectivity index (χ3v) is 3.77. The van der Waals surface area contributed by atoms with Crippen molar-refractivity contribution in [3.8, 4) is 11.5 Å². The van der Waals surface area contributed by atoms with Crippen molar-refractivity contribution in [2.75, 3.05) is 19.8 Å². The van der Waals surface area contributed by atoms with Crippen LogP contribution in [0.25, 0.3) is 0 Å². The Morgan fingerprint density at radius 1 is 1.22 bits per heavy atom. The van der Waals surface area contributed by atoms with Crippen LogP contribution in [-0.4, -0.2) is 47.7 Å². The fraction of sp³-hybridized carbons (Fsp3) is 0.529. The first-order chi connectivity index (χ1) is 11.1. The van der Waals surface area contributed by atoms with Gasteiger partial charge in [0.25, 0.3) is 5.91 Å². The lowest BCUT2D eigenvalue weighted by Gasteiger charge is -2.23. The largest absolute Gasteiger partial charge is 0.494 e. The molecule has 0 radical (unpaired) electrons. The van der Waals surface area contributed by atoms with Crippen LogP contribution in [-0.2, 0) is 9.59 Å². The normalized spacial score (nSPS) is 17.1. The number of carboxylic acid groups (broad SMARTS) is 1. The van der Waals surface area contributed by atoms with Gasteiger partial charge in [-0.15, -0.1) is 0 Å². The van der Waals surface area contributed by atoms with Gasteiger partial charge in [0.15, 0.2) is 6.61 Å². The molecule has 1 heterocycles. The summed E-state index contributed by atoms with van der Waals surface area (Å²) in [5.74, 6) is 0.320. The Kier molecular flexibility index (Phi) is 6.26. The van der Waals surface area contributed by atoms with Crippen molar-refractivity contribution in [3.63, 3.8) is 0 Å². The van der Waals surface area contributed by atoms with E-state index in [2.05, 4.69) is 0 Å². The summed E-state index contributed by atoms with van der Waals surface area (Å²) >= 11 is 0. The summed E-state index contributed by atoms with van der Waals surface area (Å²) in [5, 5.41) is 8.89. The number of rotatable bonds is 8. The minimum atomic E-state index is -0.877. The van der Waals surface area contributed by atoms with E-state index in [1.807, 2.05) is 6.92 Å². The van der Waals surface area contributed by atoms with Gasteiger partial charge in [0.2, 0.25) is 0 Å². The molecule has 0 aliphatic carbocycles. The maximum absolute atomic E-state index is 12.2. The van der Waals surface area contributed by atoms with Gasteiger partial charge in [-0.1, -0.05) is 6.92 Å². The minimum absolute atomic E-state index is 0.00476. The second-order valence-corrected chi connectivity index (χ2v) is 5.59. The minimum Gasteiger partial charge on any atom is -0.494 e. The Morgan fingerprint density at radius 2 is 1.87 bits per heavy atom. The molecule has 2 rings (SSSR count). The fourth-order valence-corrected chi connectivity index (χ4v) is 2.66. The van der Waals surface area contributed by atoms with Crippen molar-refractivity contribution in [2.24, 2.45) is 0 Å². The summed E-state index contributed by atoms with van der Waals surface area (Å²) in [5.41, 5.74) is 0. The number of nitrogens with zero attached hydrogens (tertiary/aromatic N) is 1. The standard InChI is InChI=1S/C17H23NO5/c1-2-10-22-14-5-7-15(8-6-14)23-12-16(19)18-9-3-4-13(18)11-17(20)21/h5-8,13H,2-4,9-12H2,1H3,(H,20,21). The molecule has 1 atom stereocenters. The molecule has 6 heteroatoms. The molecule has 126 valence electrons. The number of aliphatic carboxylic acids is 1. The summed E-state index contributed by atoms with van der Waals surface area (Å²) in [6.45, 7) is 3.23. The Hall–Kier alpha value is -2.24. The highest BCUT2D eigenvalue weighted by Crippen LogP contribution is 2.21. The van der Waals surface area contributed by atoms with Gasteiger partial charge in [0, 0.05) is 12.6 Å². The summed E-state index contributed by atoms with van der Waals surface area (Å²) in [7, 11) is 0. The Balaban J connectivity index is 1.82. The number of ether oxygens (including phenoxy) is 2. The van der Waals surface area contributed by atoms with Crippen molar-refractivity contribution in [1.29, 1.82) is 0 Å². The number of benzene rings is 1. The molecule has 1 aromatic rings. The topological polar surface area (TPSA) is 76.1 Å². The second kappa shape index (κ2) is 8.41. The van der Waals surface area contributed by atoms with Gasteiger partial charge in [-0.2, -0.15) is 0 Å². The molecular formula is C17H23NO5. The molecule has 1 aromatic carbocycles. The van der Waals surface area contributed by atoms with Gasteiger partial charge in [-0.05, 0) is 43.5 Å². The highest BCUT2D eigenvalue weighted by molar-refractivity contribution is 5.79. The number of carbonyl (C=O) groups is 2. The smallest absolute Gasteiger partial charge is 0.305 e. The van der Waals surface area contributed by atoms with E-state index in [9.17, 15) is 9.59 Å². The molecule has 1 amide bonds. The predicted molar refractivity (Wildman–Crippen MR) is 84.7 cm³/mol. The van der Waals surface area contributed by atoms with Crippen LogP contribution < -0.4 is 9.47 Å². The zero-order valence-corrected chi connectivity index (χ0v) is 13.4. The van der Waals surface area contributed by atoms with E-state index in [0.29, 0.717) is 18.9 Å². The van der Waals surface area contributed by atoms with Crippen LogP contribution in [0.3, 0.4) is 0 Å². The van der Waals surface area contributed by atoms with Gasteiger partial charge in [-0.3, -0.25) is 9.59 Å². The van der Waals surface area contributed by atoms with Gasteiger partial charge < -0.3 is 19.5 Å². The molecule has 1 N–H and O–H groups in total. The molecule has 23 heavy (non-hydrogen) atoms. The van der Waals surface area contributed by atoms with Gasteiger partial charge in [0.05, 0.1) is 13.0 Å². The molecular weight excluding hydrogens is 298 g/mol. The zero-order chi connectivity index (χ0) is 16.7. The van der Waals surface area contributed by atoms with E-state index in [1.54, 1.807) is 29.2 Å². The first-order valence-corrected chi connectivity index (χ1v) is 7.97. The third kappa shape index (κ3) is 5.16. The van der Waals surface area contributed by atoms with Crippen molar-refractivity contribution < 1.29 is 24.2 Å². The van der Waals surface area contributed by atoms with E-state index in [1.165, 1.54) is 0 Å². The van der Waals surface area contributed by atoms with Crippen molar-refractivity contribution in [1.82, 2.24) is 4.90 Å². The van der Waals surface area contributed by atoms with E-state index in [4.69, 9.17) is 14.6 Å². The molecule has 0 aromatic heterocycles. The molecule has 1 aliphatic rings. The average molecular weight is 321 g/mol. The maximum atomic E-state index is 12.2.